The van der Waals surface area contributed by atoms with Crippen molar-refractivity contribution in [2.24, 2.45) is 0 Å². The molecular formula is C22H24N2O4S. The van der Waals surface area contributed by atoms with E-state index in [4.69, 9.17) is 4.74 Å². The minimum atomic E-state index is -3.64. The number of rotatable bonds is 7. The van der Waals surface area contributed by atoms with Gasteiger partial charge in [0.15, 0.2) is 0 Å². The van der Waals surface area contributed by atoms with Crippen molar-refractivity contribution in [3.05, 3.63) is 71.3 Å². The molecule has 6 nitrogen and oxygen atoms in total. The summed E-state index contributed by atoms with van der Waals surface area (Å²) in [5.41, 5.74) is 1.65. The Hall–Kier alpha value is -2.90. The second-order valence-electron chi connectivity index (χ2n) is 6.74. The van der Waals surface area contributed by atoms with Crippen molar-refractivity contribution in [1.82, 2.24) is 10.0 Å². The van der Waals surface area contributed by atoms with Crippen LogP contribution >= 0.6 is 0 Å². The highest BCUT2D eigenvalue weighted by atomic mass is 32.2. The van der Waals surface area contributed by atoms with Gasteiger partial charge in [-0.3, -0.25) is 4.79 Å². The van der Waals surface area contributed by atoms with Crippen molar-refractivity contribution in [2.45, 2.75) is 18.7 Å². The van der Waals surface area contributed by atoms with Crippen LogP contribution in [0.1, 0.15) is 21.5 Å². The van der Waals surface area contributed by atoms with E-state index >= 15 is 0 Å². The summed E-state index contributed by atoms with van der Waals surface area (Å²) in [6.07, 6.45) is 0. The molecule has 0 atom stereocenters. The Balaban J connectivity index is 1.63. The fourth-order valence-corrected chi connectivity index (χ4v) is 4.11. The highest BCUT2D eigenvalue weighted by Crippen LogP contribution is 2.22. The maximum Gasteiger partial charge on any atom is 0.251 e. The summed E-state index contributed by atoms with van der Waals surface area (Å²) in [5, 5.41) is 4.99. The molecule has 0 aliphatic heterocycles. The van der Waals surface area contributed by atoms with Gasteiger partial charge in [0, 0.05) is 5.56 Å². The Morgan fingerprint density at radius 3 is 2.45 bits per heavy atom. The van der Waals surface area contributed by atoms with Crippen molar-refractivity contribution in [2.75, 3.05) is 20.2 Å². The molecule has 0 radical (unpaired) electrons. The van der Waals surface area contributed by atoms with Crippen LogP contribution in [-0.2, 0) is 10.0 Å². The lowest BCUT2D eigenvalue weighted by molar-refractivity contribution is 0.0946. The van der Waals surface area contributed by atoms with Gasteiger partial charge in [-0.25, -0.2) is 13.1 Å². The average Bonchev–Trinajstić information content (AvgIpc) is 2.72. The number of amides is 1. The van der Waals surface area contributed by atoms with Gasteiger partial charge >= 0.3 is 0 Å². The molecule has 3 aromatic carbocycles. The lowest BCUT2D eigenvalue weighted by Gasteiger charge is -2.13. The Morgan fingerprint density at radius 2 is 1.72 bits per heavy atom. The number of benzene rings is 3. The van der Waals surface area contributed by atoms with Gasteiger partial charge in [-0.2, -0.15) is 0 Å². The maximum absolute atomic E-state index is 12.5. The smallest absolute Gasteiger partial charge is 0.251 e. The first kappa shape index (κ1) is 20.8. The minimum Gasteiger partial charge on any atom is -0.492 e. The van der Waals surface area contributed by atoms with Crippen molar-refractivity contribution < 1.29 is 17.9 Å². The molecule has 3 rings (SSSR count). The Kier molecular flexibility index (Phi) is 6.20. The third kappa shape index (κ3) is 4.75. The average molecular weight is 413 g/mol. The summed E-state index contributed by atoms with van der Waals surface area (Å²) in [4.78, 5) is 12.6. The molecule has 7 heteroatoms. The molecule has 152 valence electrons. The van der Waals surface area contributed by atoms with E-state index in [9.17, 15) is 13.2 Å². The van der Waals surface area contributed by atoms with E-state index < -0.39 is 10.0 Å². The molecule has 2 N–H and O–H groups in total. The second-order valence-corrected chi connectivity index (χ2v) is 8.59. The first-order valence-electron chi connectivity index (χ1n) is 9.26. The molecule has 1 amide bonds. The lowest BCUT2D eigenvalue weighted by atomic mass is 10.1. The second kappa shape index (κ2) is 8.63. The first-order valence-corrected chi connectivity index (χ1v) is 10.7. The van der Waals surface area contributed by atoms with Gasteiger partial charge in [0.25, 0.3) is 5.91 Å². The molecule has 0 saturated carbocycles. The fourth-order valence-electron chi connectivity index (χ4n) is 3.04. The van der Waals surface area contributed by atoms with Crippen LogP contribution < -0.4 is 14.8 Å². The van der Waals surface area contributed by atoms with E-state index in [0.29, 0.717) is 24.3 Å². The number of carbonyl (C=O) groups is 1. The molecule has 0 bridgehead atoms. The number of fused-ring (bicyclic) bond motifs is 1. The van der Waals surface area contributed by atoms with E-state index in [0.717, 1.165) is 22.1 Å². The van der Waals surface area contributed by atoms with Crippen LogP contribution in [0.4, 0.5) is 0 Å². The van der Waals surface area contributed by atoms with Gasteiger partial charge in [0.1, 0.15) is 12.4 Å². The zero-order valence-electron chi connectivity index (χ0n) is 16.7. The summed E-state index contributed by atoms with van der Waals surface area (Å²) >= 11 is 0. The van der Waals surface area contributed by atoms with E-state index in [1.807, 2.05) is 42.5 Å². The van der Waals surface area contributed by atoms with E-state index in [1.54, 1.807) is 19.9 Å². The number of hydrogen-bond acceptors (Lipinski definition) is 4. The summed E-state index contributed by atoms with van der Waals surface area (Å²) in [6.45, 7) is 4.10. The number of aryl methyl sites for hydroxylation is 1. The van der Waals surface area contributed by atoms with Crippen molar-refractivity contribution in [3.63, 3.8) is 0 Å². The number of sulfonamides is 1. The number of hydrogen-bond donors (Lipinski definition) is 2. The number of ether oxygens (including phenoxy) is 1. The molecule has 0 aliphatic carbocycles. The third-order valence-electron chi connectivity index (χ3n) is 4.82. The van der Waals surface area contributed by atoms with Gasteiger partial charge in [0.2, 0.25) is 10.0 Å². The lowest BCUT2D eigenvalue weighted by Crippen LogP contribution is -2.29. The van der Waals surface area contributed by atoms with Crippen LogP contribution in [0.25, 0.3) is 10.8 Å². The number of carbonyl (C=O) groups excluding carboxylic acids is 1. The van der Waals surface area contributed by atoms with Crippen LogP contribution in [-0.4, -0.2) is 34.5 Å². The van der Waals surface area contributed by atoms with Gasteiger partial charge < -0.3 is 10.1 Å². The largest absolute Gasteiger partial charge is 0.492 e. The Morgan fingerprint density at radius 1 is 1.00 bits per heavy atom. The molecule has 29 heavy (non-hydrogen) atoms. The molecular weight excluding hydrogens is 388 g/mol. The third-order valence-corrected chi connectivity index (χ3v) is 6.36. The van der Waals surface area contributed by atoms with Crippen molar-refractivity contribution >= 4 is 26.7 Å². The van der Waals surface area contributed by atoms with Crippen LogP contribution in [0.5, 0.6) is 5.75 Å². The molecule has 0 heterocycles. The van der Waals surface area contributed by atoms with Crippen molar-refractivity contribution in [3.8, 4) is 5.75 Å². The molecule has 0 aromatic heterocycles. The summed E-state index contributed by atoms with van der Waals surface area (Å²) in [5.74, 6) is 0.384. The predicted octanol–water partition coefficient (Wildman–Crippen LogP) is 3.17. The van der Waals surface area contributed by atoms with E-state index in [-0.39, 0.29) is 10.8 Å². The Bertz CT molecular complexity index is 1160. The maximum atomic E-state index is 12.5. The topological polar surface area (TPSA) is 84.5 Å². The van der Waals surface area contributed by atoms with Crippen LogP contribution in [0.15, 0.2) is 59.5 Å². The summed E-state index contributed by atoms with van der Waals surface area (Å²) < 4.78 is 32.4. The van der Waals surface area contributed by atoms with Gasteiger partial charge in [-0.05, 0) is 67.1 Å². The molecule has 0 fully saturated rings. The molecule has 3 aromatic rings. The zero-order valence-corrected chi connectivity index (χ0v) is 17.5. The molecule has 0 saturated heterocycles. The van der Waals surface area contributed by atoms with Gasteiger partial charge in [-0.1, -0.05) is 30.3 Å². The number of nitrogens with one attached hydrogen (secondary N) is 2. The quantitative estimate of drug-likeness (QED) is 0.584. The fraction of sp³-hybridized carbons (Fsp3) is 0.227. The van der Waals surface area contributed by atoms with Gasteiger partial charge in [0.05, 0.1) is 11.4 Å². The molecule has 0 unspecified atom stereocenters. The summed E-state index contributed by atoms with van der Waals surface area (Å²) in [6, 6.07) is 16.9. The normalized spacial score (nSPS) is 11.4. The predicted molar refractivity (Wildman–Crippen MR) is 114 cm³/mol. The summed E-state index contributed by atoms with van der Waals surface area (Å²) in [7, 11) is -2.29. The SMILES string of the molecule is CNS(=O)(=O)c1cc(C(=O)NCCOc2ccc3ccccc3c2)cc(C)c1C. The highest BCUT2D eigenvalue weighted by Gasteiger charge is 2.19. The molecule has 0 aliphatic rings. The highest BCUT2D eigenvalue weighted by molar-refractivity contribution is 7.89. The first-order chi connectivity index (χ1) is 13.8. The standard InChI is InChI=1S/C22H24N2O4S/c1-15-12-19(14-21(16(15)2)29(26,27)23-3)22(25)24-10-11-28-20-9-8-17-6-4-5-7-18(17)13-20/h4-9,12-14,23H,10-11H2,1-3H3,(H,24,25). The van der Waals surface area contributed by atoms with E-state index in [2.05, 4.69) is 10.0 Å². The van der Waals surface area contributed by atoms with Crippen LogP contribution in [0, 0.1) is 13.8 Å². The molecule has 0 spiro atoms. The van der Waals surface area contributed by atoms with Crippen LogP contribution in [0.3, 0.4) is 0 Å². The van der Waals surface area contributed by atoms with Crippen LogP contribution in [0.2, 0.25) is 0 Å². The van der Waals surface area contributed by atoms with Crippen molar-refractivity contribution in [1.29, 1.82) is 0 Å². The Labute approximate surface area is 170 Å². The minimum absolute atomic E-state index is 0.109. The van der Waals surface area contributed by atoms with E-state index in [1.165, 1.54) is 13.1 Å². The monoisotopic (exact) mass is 412 g/mol. The van der Waals surface area contributed by atoms with Gasteiger partial charge in [-0.15, -0.1) is 0 Å². The zero-order chi connectivity index (χ0) is 21.0.